The molecule has 26 heavy (non-hydrogen) atoms. The molecule has 0 unspecified atom stereocenters. The average molecular weight is 370 g/mol. The minimum atomic E-state index is -0.346. The maximum Gasteiger partial charge on any atom is 0.281 e. The second-order valence-corrected chi connectivity index (χ2v) is 6.45. The van der Waals surface area contributed by atoms with Crippen molar-refractivity contribution in [1.82, 2.24) is 14.9 Å². The van der Waals surface area contributed by atoms with Gasteiger partial charge in [0.2, 0.25) is 5.95 Å². The summed E-state index contributed by atoms with van der Waals surface area (Å²) in [6.07, 6.45) is 4.82. The van der Waals surface area contributed by atoms with Gasteiger partial charge in [-0.2, -0.15) is 0 Å². The molecule has 0 aliphatic carbocycles. The van der Waals surface area contributed by atoms with Crippen molar-refractivity contribution in [3.05, 3.63) is 59.5 Å². The Balaban J connectivity index is 1.47. The molecular weight excluding hydrogens is 354 g/mol. The number of amides is 2. The molecule has 0 atom stereocenters. The molecule has 132 valence electrons. The van der Waals surface area contributed by atoms with E-state index in [1.165, 1.54) is 6.08 Å². The van der Waals surface area contributed by atoms with Crippen molar-refractivity contribution in [3.8, 4) is 0 Å². The van der Waals surface area contributed by atoms with Crippen molar-refractivity contribution in [2.45, 2.75) is 0 Å². The highest BCUT2D eigenvalue weighted by molar-refractivity contribution is 6.33. The number of rotatable bonds is 3. The minimum absolute atomic E-state index is 0.318. The van der Waals surface area contributed by atoms with Crippen LogP contribution in [0.5, 0.6) is 0 Å². The normalized spacial score (nSPS) is 17.7. The van der Waals surface area contributed by atoms with E-state index in [1.807, 2.05) is 4.90 Å². The Labute approximate surface area is 155 Å². The Hall–Kier alpha value is -2.93. The van der Waals surface area contributed by atoms with E-state index in [-0.39, 0.29) is 11.8 Å². The zero-order chi connectivity index (χ0) is 18.1. The highest BCUT2D eigenvalue weighted by atomic mass is 35.5. The third-order valence-corrected chi connectivity index (χ3v) is 4.66. The Morgan fingerprint density at radius 3 is 2.31 bits per heavy atom. The monoisotopic (exact) mass is 369 g/mol. The fourth-order valence-corrected chi connectivity index (χ4v) is 3.33. The number of carbonyl (C=O) groups excluding carboxylic acids is 2. The molecular formula is C18H16ClN5O2. The van der Waals surface area contributed by atoms with Crippen LogP contribution >= 0.6 is 11.6 Å². The van der Waals surface area contributed by atoms with E-state index in [0.717, 1.165) is 4.90 Å². The summed E-state index contributed by atoms with van der Waals surface area (Å²) < 4.78 is 0. The molecule has 0 spiro atoms. The lowest BCUT2D eigenvalue weighted by Gasteiger charge is -2.36. The fourth-order valence-electron chi connectivity index (χ4n) is 3.15. The topological polar surface area (TPSA) is 69.6 Å². The molecule has 7 nitrogen and oxygen atoms in total. The zero-order valence-corrected chi connectivity index (χ0v) is 14.6. The highest BCUT2D eigenvalue weighted by Gasteiger charge is 2.36. The number of benzene rings is 1. The van der Waals surface area contributed by atoms with Crippen LogP contribution in [0.3, 0.4) is 0 Å². The van der Waals surface area contributed by atoms with Crippen molar-refractivity contribution < 1.29 is 9.59 Å². The number of nitrogens with zero attached hydrogens (tertiary/aromatic N) is 5. The minimum Gasteiger partial charge on any atom is -0.363 e. The molecule has 2 aliphatic heterocycles. The van der Waals surface area contributed by atoms with Gasteiger partial charge in [-0.15, -0.1) is 0 Å². The molecule has 0 bridgehead atoms. The van der Waals surface area contributed by atoms with Gasteiger partial charge in [0.05, 0.1) is 5.69 Å². The molecule has 0 saturated carbocycles. The molecule has 1 aromatic carbocycles. The van der Waals surface area contributed by atoms with Crippen molar-refractivity contribution in [2.24, 2.45) is 0 Å². The zero-order valence-electron chi connectivity index (χ0n) is 13.9. The van der Waals surface area contributed by atoms with Crippen LogP contribution in [-0.4, -0.2) is 52.9 Å². The maximum atomic E-state index is 12.8. The van der Waals surface area contributed by atoms with Gasteiger partial charge < -0.3 is 9.80 Å². The quantitative estimate of drug-likeness (QED) is 0.767. The Kier molecular flexibility index (Phi) is 4.30. The van der Waals surface area contributed by atoms with Gasteiger partial charge in [-0.1, -0.05) is 17.7 Å². The Morgan fingerprint density at radius 1 is 0.923 bits per heavy atom. The fraction of sp³-hybridized carbons (Fsp3) is 0.222. The van der Waals surface area contributed by atoms with Crippen LogP contribution in [0.25, 0.3) is 0 Å². The third-order valence-electron chi connectivity index (χ3n) is 4.42. The van der Waals surface area contributed by atoms with Gasteiger partial charge in [0.1, 0.15) is 5.70 Å². The van der Waals surface area contributed by atoms with Crippen LogP contribution in [0.2, 0.25) is 5.02 Å². The van der Waals surface area contributed by atoms with Gasteiger partial charge in [0, 0.05) is 49.7 Å². The summed E-state index contributed by atoms with van der Waals surface area (Å²) in [5, 5.41) is 0.480. The standard InChI is InChI=1S/C18H16ClN5O2/c19-13-3-1-4-14(11-13)24-16(25)12-15(17(24)26)22-7-9-23(10-8-22)18-20-5-2-6-21-18/h1-6,11-12H,7-10H2. The van der Waals surface area contributed by atoms with Crippen LogP contribution in [0.1, 0.15) is 0 Å². The van der Waals surface area contributed by atoms with E-state index >= 15 is 0 Å². The van der Waals surface area contributed by atoms with Crippen LogP contribution in [0.15, 0.2) is 54.5 Å². The van der Waals surface area contributed by atoms with E-state index in [2.05, 4.69) is 14.9 Å². The third kappa shape index (κ3) is 3.01. The van der Waals surface area contributed by atoms with Gasteiger partial charge in [0.15, 0.2) is 0 Å². The number of aromatic nitrogens is 2. The first-order chi connectivity index (χ1) is 12.6. The van der Waals surface area contributed by atoms with Crippen molar-refractivity contribution in [1.29, 1.82) is 0 Å². The molecule has 0 radical (unpaired) electrons. The first-order valence-corrected chi connectivity index (χ1v) is 8.64. The second kappa shape index (κ2) is 6.76. The summed E-state index contributed by atoms with van der Waals surface area (Å²) in [7, 11) is 0. The van der Waals surface area contributed by atoms with Crippen LogP contribution in [0.4, 0.5) is 11.6 Å². The second-order valence-electron chi connectivity index (χ2n) is 6.01. The number of hydrogen-bond donors (Lipinski definition) is 0. The van der Waals surface area contributed by atoms with E-state index in [4.69, 9.17) is 11.6 Å². The van der Waals surface area contributed by atoms with Gasteiger partial charge in [-0.25, -0.2) is 14.9 Å². The van der Waals surface area contributed by atoms with Gasteiger partial charge in [-0.3, -0.25) is 9.59 Å². The molecule has 1 saturated heterocycles. The summed E-state index contributed by atoms with van der Waals surface area (Å²) in [5.41, 5.74) is 0.902. The van der Waals surface area contributed by atoms with E-state index in [1.54, 1.807) is 42.7 Å². The average Bonchev–Trinajstić information content (AvgIpc) is 2.97. The summed E-state index contributed by atoms with van der Waals surface area (Å²) in [4.78, 5) is 38.8. The predicted octanol–water partition coefficient (Wildman–Crippen LogP) is 1.71. The first kappa shape index (κ1) is 16.5. The molecule has 2 amide bonds. The van der Waals surface area contributed by atoms with Gasteiger partial charge in [0.25, 0.3) is 11.8 Å². The maximum absolute atomic E-state index is 12.8. The van der Waals surface area contributed by atoms with E-state index < -0.39 is 0 Å². The van der Waals surface area contributed by atoms with Gasteiger partial charge >= 0.3 is 0 Å². The number of piperazine rings is 1. The predicted molar refractivity (Wildman–Crippen MR) is 97.8 cm³/mol. The van der Waals surface area contributed by atoms with Crippen LogP contribution in [-0.2, 0) is 9.59 Å². The summed E-state index contributed by atoms with van der Waals surface area (Å²) >= 11 is 5.98. The number of anilines is 2. The van der Waals surface area contributed by atoms with Crippen molar-refractivity contribution in [2.75, 3.05) is 36.0 Å². The van der Waals surface area contributed by atoms with E-state index in [0.29, 0.717) is 48.5 Å². The molecule has 8 heteroatoms. The molecule has 1 fully saturated rings. The van der Waals surface area contributed by atoms with Gasteiger partial charge in [-0.05, 0) is 24.3 Å². The smallest absolute Gasteiger partial charge is 0.281 e. The largest absolute Gasteiger partial charge is 0.363 e. The summed E-state index contributed by atoms with van der Waals surface area (Å²) in [6, 6.07) is 8.50. The number of halogens is 1. The van der Waals surface area contributed by atoms with Crippen molar-refractivity contribution >= 4 is 35.1 Å². The molecule has 3 heterocycles. The Morgan fingerprint density at radius 2 is 1.62 bits per heavy atom. The van der Waals surface area contributed by atoms with Crippen molar-refractivity contribution in [3.63, 3.8) is 0 Å². The Bertz CT molecular complexity index is 878. The number of imide groups is 1. The van der Waals surface area contributed by atoms with E-state index in [9.17, 15) is 9.59 Å². The SMILES string of the molecule is O=C1C=C(N2CCN(c3ncccn3)CC2)C(=O)N1c1cccc(Cl)c1. The lowest BCUT2D eigenvalue weighted by molar-refractivity contribution is -0.120. The summed E-state index contributed by atoms with van der Waals surface area (Å²) in [6.45, 7) is 2.60. The molecule has 2 aliphatic rings. The van der Waals surface area contributed by atoms with Crippen LogP contribution < -0.4 is 9.80 Å². The van der Waals surface area contributed by atoms with Crippen LogP contribution in [0, 0.1) is 0 Å². The highest BCUT2D eigenvalue weighted by Crippen LogP contribution is 2.27. The molecule has 2 aromatic rings. The number of hydrogen-bond acceptors (Lipinski definition) is 6. The lowest BCUT2D eigenvalue weighted by Crippen LogP contribution is -2.48. The number of carbonyl (C=O) groups is 2. The molecule has 1 aromatic heterocycles. The molecule has 4 rings (SSSR count). The molecule has 0 N–H and O–H groups in total. The lowest BCUT2D eigenvalue weighted by atomic mass is 10.2. The summed E-state index contributed by atoms with van der Waals surface area (Å²) in [5.74, 6) is 0.0123. The first-order valence-electron chi connectivity index (χ1n) is 8.26.